The van der Waals surface area contributed by atoms with Gasteiger partial charge in [-0.25, -0.2) is 0 Å². The Hall–Kier alpha value is -2.21. The second kappa shape index (κ2) is 5.16. The second-order valence-electron chi connectivity index (χ2n) is 6.43. The number of amides is 3. The van der Waals surface area contributed by atoms with Gasteiger partial charge in [-0.15, -0.1) is 0 Å². The first-order valence-electron chi connectivity index (χ1n) is 8.02. The van der Waals surface area contributed by atoms with E-state index in [-0.39, 0.29) is 30.7 Å². The lowest BCUT2D eigenvalue weighted by Gasteiger charge is -2.29. The first-order valence-corrected chi connectivity index (χ1v) is 8.02. The molecular weight excluding hydrogens is 296 g/mol. The largest absolute Gasteiger partial charge is 0.392 e. The van der Waals surface area contributed by atoms with Crippen LogP contribution in [0.3, 0.4) is 0 Å². The standard InChI is InChI=1S/C17H18N2O4/c20-8-9-6-12-13(11-3-1-2-10(9)11)7-19(17(12)23)14-4-5-15(21)18-16(14)22/h6,14,20H,1-5,7-8H2,(H,18,21,22). The van der Waals surface area contributed by atoms with Crippen LogP contribution in [-0.4, -0.2) is 33.8 Å². The van der Waals surface area contributed by atoms with Gasteiger partial charge in [0.1, 0.15) is 6.04 Å². The minimum atomic E-state index is -0.581. The number of imide groups is 1. The minimum Gasteiger partial charge on any atom is -0.392 e. The van der Waals surface area contributed by atoms with Crippen molar-refractivity contribution in [3.63, 3.8) is 0 Å². The molecule has 4 rings (SSSR count). The molecule has 2 N–H and O–H groups in total. The summed E-state index contributed by atoms with van der Waals surface area (Å²) in [5.74, 6) is -0.834. The number of fused-ring (bicyclic) bond motifs is 3. The Labute approximate surface area is 133 Å². The van der Waals surface area contributed by atoms with Gasteiger partial charge < -0.3 is 10.0 Å². The topological polar surface area (TPSA) is 86.7 Å². The highest BCUT2D eigenvalue weighted by molar-refractivity contribution is 6.05. The summed E-state index contributed by atoms with van der Waals surface area (Å²) in [6.45, 7) is 0.357. The molecule has 0 spiro atoms. The van der Waals surface area contributed by atoms with Crippen LogP contribution in [0.25, 0.3) is 0 Å². The SMILES string of the molecule is O=C1CCC(N2Cc3c(cc(CO)c4c3CCC4)C2=O)C(=O)N1. The molecule has 1 unspecified atom stereocenters. The molecule has 2 heterocycles. The summed E-state index contributed by atoms with van der Waals surface area (Å²) in [5.41, 5.74) is 4.79. The maximum absolute atomic E-state index is 12.8. The summed E-state index contributed by atoms with van der Waals surface area (Å²) in [7, 11) is 0. The van der Waals surface area contributed by atoms with E-state index in [0.29, 0.717) is 18.5 Å². The van der Waals surface area contributed by atoms with E-state index in [1.807, 2.05) is 0 Å². The number of piperidine rings is 1. The molecular formula is C17H18N2O4. The maximum Gasteiger partial charge on any atom is 0.255 e. The Morgan fingerprint density at radius 2 is 1.91 bits per heavy atom. The Morgan fingerprint density at radius 1 is 1.13 bits per heavy atom. The number of carbonyl (C=O) groups is 3. The van der Waals surface area contributed by atoms with E-state index in [1.54, 1.807) is 11.0 Å². The van der Waals surface area contributed by atoms with E-state index in [0.717, 1.165) is 30.4 Å². The molecule has 0 saturated carbocycles. The molecule has 6 heteroatoms. The van der Waals surface area contributed by atoms with Gasteiger partial charge in [0.05, 0.1) is 6.61 Å². The molecule has 0 bridgehead atoms. The number of aliphatic hydroxyl groups excluding tert-OH is 1. The van der Waals surface area contributed by atoms with Crippen molar-refractivity contribution in [2.75, 3.05) is 0 Å². The van der Waals surface area contributed by atoms with E-state index in [9.17, 15) is 19.5 Å². The fourth-order valence-electron chi connectivity index (χ4n) is 4.08. The monoisotopic (exact) mass is 314 g/mol. The van der Waals surface area contributed by atoms with Crippen molar-refractivity contribution < 1.29 is 19.5 Å². The predicted octanol–water partition coefficient (Wildman–Crippen LogP) is 0.429. The fraction of sp³-hybridized carbons (Fsp3) is 0.471. The van der Waals surface area contributed by atoms with Crippen LogP contribution in [0.5, 0.6) is 0 Å². The van der Waals surface area contributed by atoms with Gasteiger partial charge in [0.2, 0.25) is 11.8 Å². The highest BCUT2D eigenvalue weighted by atomic mass is 16.3. The van der Waals surface area contributed by atoms with Gasteiger partial charge in [0.25, 0.3) is 5.91 Å². The molecule has 2 aliphatic heterocycles. The van der Waals surface area contributed by atoms with Crippen LogP contribution < -0.4 is 5.32 Å². The van der Waals surface area contributed by atoms with E-state index >= 15 is 0 Å². The lowest BCUT2D eigenvalue weighted by molar-refractivity contribution is -0.136. The second-order valence-corrected chi connectivity index (χ2v) is 6.43. The number of hydrogen-bond donors (Lipinski definition) is 2. The van der Waals surface area contributed by atoms with E-state index in [2.05, 4.69) is 5.32 Å². The third kappa shape index (κ3) is 2.09. The summed E-state index contributed by atoms with van der Waals surface area (Å²) in [6.07, 6.45) is 3.52. The molecule has 1 aromatic carbocycles. The number of nitrogens with zero attached hydrogens (tertiary/aromatic N) is 1. The number of rotatable bonds is 2. The van der Waals surface area contributed by atoms with Crippen LogP contribution in [-0.2, 0) is 35.6 Å². The van der Waals surface area contributed by atoms with Crippen molar-refractivity contribution in [3.8, 4) is 0 Å². The number of hydrogen-bond acceptors (Lipinski definition) is 4. The van der Waals surface area contributed by atoms with E-state index < -0.39 is 6.04 Å². The van der Waals surface area contributed by atoms with Gasteiger partial charge >= 0.3 is 0 Å². The zero-order valence-corrected chi connectivity index (χ0v) is 12.7. The Morgan fingerprint density at radius 3 is 2.65 bits per heavy atom. The minimum absolute atomic E-state index is 0.0681. The Balaban J connectivity index is 1.71. The van der Waals surface area contributed by atoms with Crippen LogP contribution in [0, 0.1) is 0 Å². The van der Waals surface area contributed by atoms with E-state index in [1.165, 1.54) is 11.1 Å². The van der Waals surface area contributed by atoms with Crippen LogP contribution in [0.2, 0.25) is 0 Å². The van der Waals surface area contributed by atoms with Crippen LogP contribution >= 0.6 is 0 Å². The third-order valence-corrected chi connectivity index (χ3v) is 5.19. The summed E-state index contributed by atoms with van der Waals surface area (Å²) in [5, 5.41) is 11.9. The van der Waals surface area contributed by atoms with Gasteiger partial charge in [-0.05, 0) is 54.0 Å². The van der Waals surface area contributed by atoms with Gasteiger partial charge in [0.15, 0.2) is 0 Å². The zero-order chi connectivity index (χ0) is 16.1. The number of aliphatic hydroxyl groups is 1. The van der Waals surface area contributed by atoms with Gasteiger partial charge in [-0.1, -0.05) is 0 Å². The molecule has 1 aromatic rings. The van der Waals surface area contributed by atoms with Crippen molar-refractivity contribution in [1.82, 2.24) is 10.2 Å². The highest BCUT2D eigenvalue weighted by Gasteiger charge is 2.41. The van der Waals surface area contributed by atoms with Crippen LogP contribution in [0.1, 0.15) is 51.9 Å². The molecule has 0 radical (unpaired) electrons. The fourth-order valence-corrected chi connectivity index (χ4v) is 4.08. The Bertz CT molecular complexity index is 741. The van der Waals surface area contributed by atoms with Crippen molar-refractivity contribution >= 4 is 17.7 Å². The van der Waals surface area contributed by atoms with Gasteiger partial charge in [0, 0.05) is 18.5 Å². The average Bonchev–Trinajstić information content (AvgIpc) is 3.12. The quantitative estimate of drug-likeness (QED) is 0.775. The summed E-state index contributed by atoms with van der Waals surface area (Å²) >= 11 is 0. The third-order valence-electron chi connectivity index (χ3n) is 5.19. The lowest BCUT2D eigenvalue weighted by Crippen LogP contribution is -2.52. The Kier molecular flexibility index (Phi) is 3.23. The average molecular weight is 314 g/mol. The summed E-state index contributed by atoms with van der Waals surface area (Å²) in [4.78, 5) is 37.7. The van der Waals surface area contributed by atoms with Crippen molar-refractivity contribution in [1.29, 1.82) is 0 Å². The molecule has 120 valence electrons. The predicted molar refractivity (Wildman–Crippen MR) is 80.4 cm³/mol. The van der Waals surface area contributed by atoms with Crippen molar-refractivity contribution in [2.24, 2.45) is 0 Å². The van der Waals surface area contributed by atoms with Gasteiger partial charge in [-0.3, -0.25) is 19.7 Å². The number of nitrogens with one attached hydrogen (secondary N) is 1. The van der Waals surface area contributed by atoms with Crippen molar-refractivity contribution in [3.05, 3.63) is 33.9 Å². The zero-order valence-electron chi connectivity index (χ0n) is 12.7. The maximum atomic E-state index is 12.8. The molecule has 1 atom stereocenters. The van der Waals surface area contributed by atoms with Gasteiger partial charge in [-0.2, -0.15) is 0 Å². The molecule has 1 fully saturated rings. The van der Waals surface area contributed by atoms with Crippen molar-refractivity contribution in [2.45, 2.75) is 51.3 Å². The lowest BCUT2D eigenvalue weighted by atomic mass is 9.95. The smallest absolute Gasteiger partial charge is 0.255 e. The molecule has 1 saturated heterocycles. The van der Waals surface area contributed by atoms with E-state index in [4.69, 9.17) is 0 Å². The number of benzene rings is 1. The normalized spacial score (nSPS) is 23.1. The first kappa shape index (κ1) is 14.4. The molecule has 23 heavy (non-hydrogen) atoms. The summed E-state index contributed by atoms with van der Waals surface area (Å²) < 4.78 is 0. The molecule has 3 aliphatic rings. The number of carbonyl (C=O) groups excluding carboxylic acids is 3. The molecule has 0 aromatic heterocycles. The van der Waals surface area contributed by atoms with Crippen LogP contribution in [0.4, 0.5) is 0 Å². The van der Waals surface area contributed by atoms with Crippen LogP contribution in [0.15, 0.2) is 6.07 Å². The molecule has 6 nitrogen and oxygen atoms in total. The molecule has 1 aliphatic carbocycles. The molecule has 3 amide bonds. The summed E-state index contributed by atoms with van der Waals surface area (Å²) in [6, 6.07) is 1.20. The highest BCUT2D eigenvalue weighted by Crippen LogP contribution is 2.37. The first-order chi connectivity index (χ1) is 11.1.